The molecular formula is C21H33N3O. The maximum Gasteiger partial charge on any atom is 0.241 e. The number of amides is 1. The van der Waals surface area contributed by atoms with E-state index in [1.165, 1.54) is 63.5 Å². The Labute approximate surface area is 152 Å². The zero-order chi connectivity index (χ0) is 17.5. The highest BCUT2D eigenvalue weighted by molar-refractivity contribution is 5.94. The summed E-state index contributed by atoms with van der Waals surface area (Å²) in [5, 5.41) is 6.58. The number of nitrogens with one attached hydrogen (secondary N) is 2. The first-order valence-corrected chi connectivity index (χ1v) is 10.1. The van der Waals surface area contributed by atoms with Gasteiger partial charge in [-0.05, 0) is 63.3 Å². The molecule has 1 aromatic rings. The first-order chi connectivity index (χ1) is 12.2. The van der Waals surface area contributed by atoms with E-state index < -0.39 is 0 Å². The molecule has 138 valence electrons. The van der Waals surface area contributed by atoms with Gasteiger partial charge in [-0.2, -0.15) is 0 Å². The van der Waals surface area contributed by atoms with Crippen LogP contribution in [0.15, 0.2) is 24.3 Å². The Bertz CT molecular complexity index is 529. The fraction of sp³-hybridized carbons (Fsp3) is 0.667. The van der Waals surface area contributed by atoms with Crippen LogP contribution < -0.4 is 15.5 Å². The van der Waals surface area contributed by atoms with E-state index in [0.29, 0.717) is 6.04 Å². The highest BCUT2D eigenvalue weighted by Crippen LogP contribution is 2.22. The number of benzene rings is 1. The monoisotopic (exact) mass is 343 g/mol. The lowest BCUT2D eigenvalue weighted by Crippen LogP contribution is -2.43. The number of carbonyl (C=O) groups is 1. The summed E-state index contributed by atoms with van der Waals surface area (Å²) in [6, 6.07) is 8.66. The Kier molecular flexibility index (Phi) is 6.74. The summed E-state index contributed by atoms with van der Waals surface area (Å²) in [6.45, 7) is 4.27. The molecule has 0 aromatic heterocycles. The van der Waals surface area contributed by atoms with E-state index in [1.807, 2.05) is 19.1 Å². The van der Waals surface area contributed by atoms with E-state index in [1.54, 1.807) is 0 Å². The van der Waals surface area contributed by atoms with E-state index >= 15 is 0 Å². The van der Waals surface area contributed by atoms with Crippen LogP contribution in [0.4, 0.5) is 11.4 Å². The number of carbonyl (C=O) groups excluding carboxylic acids is 1. The summed E-state index contributed by atoms with van der Waals surface area (Å²) in [5.41, 5.74) is 2.16. The summed E-state index contributed by atoms with van der Waals surface area (Å²) in [7, 11) is 0. The second-order valence-electron chi connectivity index (χ2n) is 7.66. The molecule has 1 aliphatic carbocycles. The predicted octanol–water partition coefficient (Wildman–Crippen LogP) is 4.32. The minimum atomic E-state index is -0.148. The third kappa shape index (κ3) is 5.46. The molecular weight excluding hydrogens is 310 g/mol. The standard InChI is InChI=1S/C21H33N3O/c1-17(22-18-9-5-2-3-6-10-18)21(25)23-19-11-13-20(14-12-19)24-15-7-4-8-16-24/h11-14,17-18,22H,2-10,15-16H2,1H3,(H,23,25). The van der Waals surface area contributed by atoms with Crippen LogP contribution in [0.1, 0.15) is 64.7 Å². The van der Waals surface area contributed by atoms with Gasteiger partial charge in [0.15, 0.2) is 0 Å². The van der Waals surface area contributed by atoms with Crippen LogP contribution >= 0.6 is 0 Å². The number of hydrogen-bond donors (Lipinski definition) is 2. The zero-order valence-corrected chi connectivity index (χ0v) is 15.6. The van der Waals surface area contributed by atoms with Gasteiger partial charge in [0.05, 0.1) is 6.04 Å². The third-order valence-corrected chi connectivity index (χ3v) is 5.59. The number of nitrogens with zero attached hydrogens (tertiary/aromatic N) is 1. The topological polar surface area (TPSA) is 44.4 Å². The molecule has 2 fully saturated rings. The predicted molar refractivity (Wildman–Crippen MR) is 105 cm³/mol. The Balaban J connectivity index is 1.49. The van der Waals surface area contributed by atoms with Crippen LogP contribution in [0.25, 0.3) is 0 Å². The second kappa shape index (κ2) is 9.23. The lowest BCUT2D eigenvalue weighted by atomic mass is 10.1. The molecule has 0 radical (unpaired) electrons. The van der Waals surface area contributed by atoms with Gasteiger partial charge in [-0.1, -0.05) is 25.7 Å². The molecule has 2 aliphatic rings. The third-order valence-electron chi connectivity index (χ3n) is 5.59. The highest BCUT2D eigenvalue weighted by Gasteiger charge is 2.19. The van der Waals surface area contributed by atoms with Gasteiger partial charge >= 0.3 is 0 Å². The molecule has 4 heteroatoms. The molecule has 3 rings (SSSR count). The van der Waals surface area contributed by atoms with Crippen LogP contribution in [-0.4, -0.2) is 31.1 Å². The molecule has 0 spiro atoms. The number of anilines is 2. The smallest absolute Gasteiger partial charge is 0.241 e. The second-order valence-corrected chi connectivity index (χ2v) is 7.66. The largest absolute Gasteiger partial charge is 0.372 e. The van der Waals surface area contributed by atoms with Crippen molar-refractivity contribution >= 4 is 17.3 Å². The fourth-order valence-corrected chi connectivity index (χ4v) is 4.03. The van der Waals surface area contributed by atoms with Crippen LogP contribution in [0.5, 0.6) is 0 Å². The molecule has 1 heterocycles. The lowest BCUT2D eigenvalue weighted by molar-refractivity contribution is -0.118. The molecule has 0 bridgehead atoms. The summed E-state index contributed by atoms with van der Waals surface area (Å²) in [6.07, 6.45) is 11.5. The molecule has 4 nitrogen and oxygen atoms in total. The van der Waals surface area contributed by atoms with Crippen molar-refractivity contribution in [2.24, 2.45) is 0 Å². The van der Waals surface area contributed by atoms with Gasteiger partial charge in [0, 0.05) is 30.5 Å². The summed E-state index contributed by atoms with van der Waals surface area (Å²) in [4.78, 5) is 14.9. The van der Waals surface area contributed by atoms with Crippen molar-refractivity contribution in [1.29, 1.82) is 0 Å². The van der Waals surface area contributed by atoms with Gasteiger partial charge in [0.2, 0.25) is 5.91 Å². The van der Waals surface area contributed by atoms with Crippen molar-refractivity contribution in [3.63, 3.8) is 0 Å². The normalized spacial score (nSPS) is 20.8. The van der Waals surface area contributed by atoms with Crippen molar-refractivity contribution in [1.82, 2.24) is 5.32 Å². The number of rotatable bonds is 5. The van der Waals surface area contributed by atoms with Crippen molar-refractivity contribution in [3.8, 4) is 0 Å². The molecule has 1 aromatic carbocycles. The van der Waals surface area contributed by atoms with Crippen LogP contribution in [0, 0.1) is 0 Å². The fourth-order valence-electron chi connectivity index (χ4n) is 4.03. The Morgan fingerprint density at radius 2 is 1.56 bits per heavy atom. The van der Waals surface area contributed by atoms with Crippen molar-refractivity contribution < 1.29 is 4.79 Å². The van der Waals surface area contributed by atoms with Crippen molar-refractivity contribution in [2.45, 2.75) is 76.8 Å². The van der Waals surface area contributed by atoms with Crippen LogP contribution in [0.2, 0.25) is 0 Å². The summed E-state index contributed by atoms with van der Waals surface area (Å²) in [5.74, 6) is 0.0648. The number of hydrogen-bond acceptors (Lipinski definition) is 3. The van der Waals surface area contributed by atoms with Crippen LogP contribution in [-0.2, 0) is 4.79 Å². The summed E-state index contributed by atoms with van der Waals surface area (Å²) >= 11 is 0. The van der Waals surface area contributed by atoms with Crippen molar-refractivity contribution in [3.05, 3.63) is 24.3 Å². The van der Waals surface area contributed by atoms with Gasteiger partial charge < -0.3 is 15.5 Å². The zero-order valence-electron chi connectivity index (χ0n) is 15.6. The Hall–Kier alpha value is -1.55. The average molecular weight is 344 g/mol. The number of piperidine rings is 1. The van der Waals surface area contributed by atoms with Gasteiger partial charge in [-0.15, -0.1) is 0 Å². The average Bonchev–Trinajstić information content (AvgIpc) is 2.92. The minimum Gasteiger partial charge on any atom is -0.372 e. The molecule has 2 N–H and O–H groups in total. The maximum atomic E-state index is 12.5. The van der Waals surface area contributed by atoms with Gasteiger partial charge in [0.25, 0.3) is 0 Å². The first-order valence-electron chi connectivity index (χ1n) is 10.1. The maximum absolute atomic E-state index is 12.5. The SMILES string of the molecule is CC(NC1CCCCCC1)C(=O)Nc1ccc(N2CCCCC2)cc1. The molecule has 25 heavy (non-hydrogen) atoms. The van der Waals surface area contributed by atoms with Gasteiger partial charge in [-0.3, -0.25) is 4.79 Å². The Morgan fingerprint density at radius 1 is 0.960 bits per heavy atom. The molecule has 1 unspecified atom stereocenters. The van der Waals surface area contributed by atoms with Crippen molar-refractivity contribution in [2.75, 3.05) is 23.3 Å². The quantitative estimate of drug-likeness (QED) is 0.783. The van der Waals surface area contributed by atoms with E-state index in [9.17, 15) is 4.79 Å². The first kappa shape index (κ1) is 18.2. The molecule has 1 amide bonds. The summed E-state index contributed by atoms with van der Waals surface area (Å²) < 4.78 is 0. The minimum absolute atomic E-state index is 0.0648. The Morgan fingerprint density at radius 3 is 2.20 bits per heavy atom. The van der Waals surface area contributed by atoms with E-state index in [-0.39, 0.29) is 11.9 Å². The van der Waals surface area contributed by atoms with Gasteiger partial charge in [-0.25, -0.2) is 0 Å². The molecule has 1 aliphatic heterocycles. The van der Waals surface area contributed by atoms with E-state index in [4.69, 9.17) is 0 Å². The molecule has 1 atom stereocenters. The van der Waals surface area contributed by atoms with Crippen LogP contribution in [0.3, 0.4) is 0 Å². The lowest BCUT2D eigenvalue weighted by Gasteiger charge is -2.29. The molecule has 1 saturated carbocycles. The highest BCUT2D eigenvalue weighted by atomic mass is 16.2. The van der Waals surface area contributed by atoms with E-state index in [0.717, 1.165) is 18.8 Å². The molecule has 1 saturated heterocycles. The van der Waals surface area contributed by atoms with Gasteiger partial charge in [0.1, 0.15) is 0 Å². The van der Waals surface area contributed by atoms with E-state index in [2.05, 4.69) is 27.7 Å².